The van der Waals surface area contributed by atoms with Gasteiger partial charge in [0.25, 0.3) is 0 Å². The predicted octanol–water partition coefficient (Wildman–Crippen LogP) is 3.04. The zero-order chi connectivity index (χ0) is 31.5. The molecule has 1 fully saturated rings. The molecule has 0 saturated carbocycles. The molecule has 0 bridgehead atoms. The standard InChI is InChI=1S/C31H34FN5O6S/c32-15-17-43-31(42)36-28(33)24-14-13-22(44-24)18-35-29(40)23-12-7-16-37(23)30(41)27(34-19-25(38)39)26(20-8-3-1-4-9-20)21-10-5-2-6-11-21/h1-6,8-11,13-14,23,26-27,34H,7,12,15-19H2,(H,35,40)(H,38,39)(H2,33,36,42)/t23-,27+/m0/s1. The zero-order valence-electron chi connectivity index (χ0n) is 23.9. The van der Waals surface area contributed by atoms with Crippen molar-refractivity contribution in [3.8, 4) is 0 Å². The van der Waals surface area contributed by atoms with Gasteiger partial charge < -0.3 is 25.8 Å². The van der Waals surface area contributed by atoms with Crippen LogP contribution in [0.15, 0.2) is 77.8 Å². The lowest BCUT2D eigenvalue weighted by Gasteiger charge is -2.33. The molecule has 0 radical (unpaired) electrons. The molecule has 5 N–H and O–H groups in total. The normalized spacial score (nSPS) is 15.6. The fraction of sp³-hybridized carbons (Fsp3) is 0.323. The molecule has 4 rings (SSSR count). The van der Waals surface area contributed by atoms with Crippen molar-refractivity contribution in [1.29, 1.82) is 0 Å². The van der Waals surface area contributed by atoms with E-state index in [0.29, 0.717) is 24.3 Å². The summed E-state index contributed by atoms with van der Waals surface area (Å²) in [6.07, 6.45) is 0.0825. The minimum atomic E-state index is -1.10. The van der Waals surface area contributed by atoms with Gasteiger partial charge >= 0.3 is 12.1 Å². The molecule has 2 aromatic carbocycles. The molecule has 44 heavy (non-hydrogen) atoms. The van der Waals surface area contributed by atoms with Crippen molar-refractivity contribution in [2.75, 3.05) is 26.4 Å². The SMILES string of the molecule is N/C(=N\C(=O)OCCF)c1ccc(CNC(=O)[C@@H]2CCCN2C(=O)[C@H](NCC(=O)O)C(c2ccccc2)c2ccccc2)s1. The second-order valence-electron chi connectivity index (χ2n) is 10.0. The number of alkyl halides is 1. The highest BCUT2D eigenvalue weighted by Crippen LogP contribution is 2.31. The van der Waals surface area contributed by atoms with Gasteiger partial charge in [0, 0.05) is 17.3 Å². The van der Waals surface area contributed by atoms with Crippen LogP contribution in [0, 0.1) is 0 Å². The van der Waals surface area contributed by atoms with Crippen LogP contribution in [0.5, 0.6) is 0 Å². The Bertz CT molecular complexity index is 1430. The third-order valence-corrected chi connectivity index (χ3v) is 8.20. The average Bonchev–Trinajstić information content (AvgIpc) is 3.72. The second kappa shape index (κ2) is 15.7. The number of halogens is 1. The predicted molar refractivity (Wildman–Crippen MR) is 163 cm³/mol. The van der Waals surface area contributed by atoms with E-state index in [2.05, 4.69) is 20.4 Å². The summed E-state index contributed by atoms with van der Waals surface area (Å²) in [6.45, 7) is -1.16. The number of nitrogens with one attached hydrogen (secondary N) is 2. The van der Waals surface area contributed by atoms with E-state index in [1.54, 1.807) is 12.1 Å². The summed E-state index contributed by atoms with van der Waals surface area (Å²) in [4.78, 5) is 57.0. The van der Waals surface area contributed by atoms with Gasteiger partial charge in [0.1, 0.15) is 25.2 Å². The lowest BCUT2D eigenvalue weighted by atomic mass is 9.84. The Morgan fingerprint density at radius 1 is 1.05 bits per heavy atom. The molecule has 2 heterocycles. The number of hydrogen-bond donors (Lipinski definition) is 4. The first-order chi connectivity index (χ1) is 21.3. The highest BCUT2D eigenvalue weighted by Gasteiger charge is 2.40. The van der Waals surface area contributed by atoms with Crippen molar-refractivity contribution in [2.45, 2.75) is 37.4 Å². The Kier molecular flexibility index (Phi) is 11.5. The number of likely N-dealkylation sites (tertiary alicyclic amines) is 1. The van der Waals surface area contributed by atoms with E-state index in [4.69, 9.17) is 5.73 Å². The summed E-state index contributed by atoms with van der Waals surface area (Å²) in [5, 5.41) is 15.3. The van der Waals surface area contributed by atoms with Crippen LogP contribution in [0.2, 0.25) is 0 Å². The van der Waals surface area contributed by atoms with Crippen molar-refractivity contribution in [1.82, 2.24) is 15.5 Å². The lowest BCUT2D eigenvalue weighted by Crippen LogP contribution is -2.55. The number of hydrogen-bond acceptors (Lipinski definition) is 7. The summed E-state index contributed by atoms with van der Waals surface area (Å²) in [5.74, 6) is -2.38. The fourth-order valence-corrected chi connectivity index (χ4v) is 5.99. The van der Waals surface area contributed by atoms with Crippen LogP contribution in [0.4, 0.5) is 9.18 Å². The maximum atomic E-state index is 14.2. The van der Waals surface area contributed by atoms with Crippen LogP contribution in [0.25, 0.3) is 0 Å². The minimum Gasteiger partial charge on any atom is -0.480 e. The molecule has 13 heteroatoms. The number of carbonyl (C=O) groups is 4. The molecular weight excluding hydrogens is 589 g/mol. The van der Waals surface area contributed by atoms with Crippen LogP contribution in [0.3, 0.4) is 0 Å². The largest absolute Gasteiger partial charge is 0.480 e. The van der Waals surface area contributed by atoms with Gasteiger partial charge in [-0.2, -0.15) is 4.99 Å². The maximum absolute atomic E-state index is 14.2. The van der Waals surface area contributed by atoms with Gasteiger partial charge in [-0.3, -0.25) is 19.7 Å². The first-order valence-electron chi connectivity index (χ1n) is 14.1. The number of benzene rings is 2. The zero-order valence-corrected chi connectivity index (χ0v) is 24.7. The number of thiophene rings is 1. The highest BCUT2D eigenvalue weighted by molar-refractivity contribution is 7.14. The number of amidine groups is 1. The van der Waals surface area contributed by atoms with Crippen molar-refractivity contribution < 1.29 is 33.4 Å². The number of carboxylic acids is 1. The van der Waals surface area contributed by atoms with Crippen molar-refractivity contribution >= 4 is 41.0 Å². The van der Waals surface area contributed by atoms with Gasteiger partial charge in [-0.1, -0.05) is 60.7 Å². The van der Waals surface area contributed by atoms with Crippen LogP contribution in [-0.4, -0.2) is 78.2 Å². The topological polar surface area (TPSA) is 163 Å². The molecule has 2 atom stereocenters. The van der Waals surface area contributed by atoms with E-state index in [0.717, 1.165) is 16.0 Å². The number of rotatable bonds is 13. The van der Waals surface area contributed by atoms with E-state index in [1.807, 2.05) is 60.7 Å². The molecule has 1 aromatic heterocycles. The number of amides is 3. The van der Waals surface area contributed by atoms with Gasteiger partial charge in [-0.05, 0) is 36.1 Å². The van der Waals surface area contributed by atoms with E-state index < -0.39 is 49.9 Å². The molecular formula is C31H34FN5O6S. The van der Waals surface area contributed by atoms with E-state index in [9.17, 15) is 28.7 Å². The Labute approximate surface area is 257 Å². The van der Waals surface area contributed by atoms with Crippen molar-refractivity contribution in [3.05, 3.63) is 93.7 Å². The third-order valence-electron chi connectivity index (χ3n) is 7.09. The van der Waals surface area contributed by atoms with E-state index in [-0.39, 0.29) is 24.2 Å². The van der Waals surface area contributed by atoms with E-state index in [1.165, 1.54) is 16.2 Å². The minimum absolute atomic E-state index is 0.0877. The number of carbonyl (C=O) groups excluding carboxylic acids is 3. The molecule has 3 amide bonds. The first kappa shape index (κ1) is 32.3. The van der Waals surface area contributed by atoms with Crippen molar-refractivity contribution in [2.24, 2.45) is 10.7 Å². The quantitative estimate of drug-likeness (QED) is 0.167. The van der Waals surface area contributed by atoms with Gasteiger partial charge in [0.15, 0.2) is 0 Å². The Balaban J connectivity index is 1.49. The number of carboxylic acid groups (broad SMARTS) is 1. The smallest absolute Gasteiger partial charge is 0.435 e. The monoisotopic (exact) mass is 623 g/mol. The average molecular weight is 624 g/mol. The maximum Gasteiger partial charge on any atom is 0.435 e. The number of aliphatic carboxylic acids is 1. The van der Waals surface area contributed by atoms with Crippen LogP contribution >= 0.6 is 11.3 Å². The molecule has 0 spiro atoms. The number of aliphatic imine (C=N–C) groups is 1. The molecule has 0 aliphatic carbocycles. The first-order valence-corrected chi connectivity index (χ1v) is 14.9. The summed E-state index contributed by atoms with van der Waals surface area (Å²) < 4.78 is 16.8. The Morgan fingerprint density at radius 2 is 1.70 bits per heavy atom. The van der Waals surface area contributed by atoms with Gasteiger partial charge in [-0.25, -0.2) is 9.18 Å². The van der Waals surface area contributed by atoms with Gasteiger partial charge in [0.05, 0.1) is 24.0 Å². The molecule has 1 saturated heterocycles. The Hall–Kier alpha value is -4.62. The molecule has 1 aliphatic rings. The third kappa shape index (κ3) is 8.48. The van der Waals surface area contributed by atoms with Crippen LogP contribution < -0.4 is 16.4 Å². The van der Waals surface area contributed by atoms with Crippen LogP contribution in [-0.2, 0) is 25.7 Å². The number of nitrogens with two attached hydrogens (primary N) is 1. The fourth-order valence-electron chi connectivity index (χ4n) is 5.14. The van der Waals surface area contributed by atoms with Gasteiger partial charge in [0.2, 0.25) is 11.8 Å². The molecule has 3 aromatic rings. The van der Waals surface area contributed by atoms with E-state index >= 15 is 0 Å². The molecule has 0 unspecified atom stereocenters. The summed E-state index contributed by atoms with van der Waals surface area (Å²) in [6, 6.07) is 20.5. The highest BCUT2D eigenvalue weighted by atomic mass is 32.1. The molecule has 1 aliphatic heterocycles. The lowest BCUT2D eigenvalue weighted by molar-refractivity contribution is -0.141. The second-order valence-corrected chi connectivity index (χ2v) is 11.2. The number of nitrogens with zero attached hydrogens (tertiary/aromatic N) is 2. The summed E-state index contributed by atoms with van der Waals surface area (Å²) >= 11 is 1.21. The van der Waals surface area contributed by atoms with Crippen LogP contribution in [0.1, 0.15) is 39.6 Å². The van der Waals surface area contributed by atoms with Gasteiger partial charge in [-0.15, -0.1) is 11.3 Å². The van der Waals surface area contributed by atoms with Crippen molar-refractivity contribution in [3.63, 3.8) is 0 Å². The molecule has 232 valence electrons. The molecule has 11 nitrogen and oxygen atoms in total. The Morgan fingerprint density at radius 3 is 2.32 bits per heavy atom. The summed E-state index contributed by atoms with van der Waals surface area (Å²) in [7, 11) is 0. The summed E-state index contributed by atoms with van der Waals surface area (Å²) in [5.41, 5.74) is 7.53. The number of ether oxygens (including phenoxy) is 1.